The lowest BCUT2D eigenvalue weighted by Gasteiger charge is -2.12. The standard InChI is InChI=1S/C18H20/c1-4-9-17-14(5-2)12-13-15-10-7-8-11-18(15)16(17)6-3/h4-11H,1,12-13H2,2-3H3/b14-5-,16-6+,17-9+. The average Bonchev–Trinajstić information content (AvgIpc) is 2.55. The molecule has 1 aromatic carbocycles. The van der Waals surface area contributed by atoms with Gasteiger partial charge in [-0.1, -0.05) is 55.1 Å². The van der Waals surface area contributed by atoms with E-state index in [1.54, 1.807) is 0 Å². The van der Waals surface area contributed by atoms with Crippen molar-refractivity contribution in [2.75, 3.05) is 0 Å². The quantitative estimate of drug-likeness (QED) is 0.595. The molecule has 1 aromatic rings. The van der Waals surface area contributed by atoms with E-state index in [1.807, 2.05) is 6.08 Å². The molecular weight excluding hydrogens is 216 g/mol. The minimum Gasteiger partial charge on any atom is -0.0990 e. The molecule has 0 unspecified atom stereocenters. The highest BCUT2D eigenvalue weighted by molar-refractivity contribution is 5.86. The van der Waals surface area contributed by atoms with Gasteiger partial charge in [0.25, 0.3) is 0 Å². The van der Waals surface area contributed by atoms with Gasteiger partial charge in [0.1, 0.15) is 0 Å². The molecule has 0 saturated carbocycles. The lowest BCUT2D eigenvalue weighted by Crippen LogP contribution is -1.92. The molecule has 0 amide bonds. The highest BCUT2D eigenvalue weighted by Gasteiger charge is 2.18. The number of fused-ring (bicyclic) bond motifs is 1. The third kappa shape index (κ3) is 2.24. The molecule has 0 bridgehead atoms. The second-order valence-corrected chi connectivity index (χ2v) is 4.49. The van der Waals surface area contributed by atoms with Gasteiger partial charge in [-0.3, -0.25) is 0 Å². The van der Waals surface area contributed by atoms with E-state index in [2.05, 4.69) is 62.9 Å². The predicted molar refractivity (Wildman–Crippen MR) is 80.5 cm³/mol. The molecule has 1 aliphatic rings. The number of allylic oxidation sites excluding steroid dienone is 7. The Morgan fingerprint density at radius 1 is 1.00 bits per heavy atom. The third-order valence-electron chi connectivity index (χ3n) is 3.53. The molecule has 0 N–H and O–H groups in total. The zero-order valence-electron chi connectivity index (χ0n) is 11.2. The zero-order chi connectivity index (χ0) is 13.0. The highest BCUT2D eigenvalue weighted by atomic mass is 14.2. The van der Waals surface area contributed by atoms with Crippen LogP contribution in [-0.2, 0) is 6.42 Å². The van der Waals surface area contributed by atoms with Gasteiger partial charge < -0.3 is 0 Å². The van der Waals surface area contributed by atoms with Crippen molar-refractivity contribution in [3.63, 3.8) is 0 Å². The molecule has 0 aromatic heterocycles. The van der Waals surface area contributed by atoms with E-state index in [0.717, 1.165) is 12.8 Å². The van der Waals surface area contributed by atoms with Crippen LogP contribution in [0.25, 0.3) is 5.57 Å². The lowest BCUT2D eigenvalue weighted by atomic mass is 9.92. The van der Waals surface area contributed by atoms with Gasteiger partial charge >= 0.3 is 0 Å². The average molecular weight is 236 g/mol. The van der Waals surface area contributed by atoms with Gasteiger partial charge in [0, 0.05) is 0 Å². The molecule has 0 aliphatic heterocycles. The summed E-state index contributed by atoms with van der Waals surface area (Å²) in [5, 5.41) is 0. The summed E-state index contributed by atoms with van der Waals surface area (Å²) in [6, 6.07) is 8.71. The van der Waals surface area contributed by atoms with Crippen molar-refractivity contribution in [3.05, 3.63) is 77.4 Å². The maximum Gasteiger partial charge on any atom is -0.0149 e. The second-order valence-electron chi connectivity index (χ2n) is 4.49. The first-order valence-electron chi connectivity index (χ1n) is 6.55. The van der Waals surface area contributed by atoms with Crippen LogP contribution >= 0.6 is 0 Å². The number of hydrogen-bond donors (Lipinski definition) is 0. The van der Waals surface area contributed by atoms with Crippen LogP contribution in [0.1, 0.15) is 31.4 Å². The second kappa shape index (κ2) is 5.68. The fraction of sp³-hybridized carbons (Fsp3) is 0.222. The SMILES string of the molecule is C=C/C=C1C(=C/C)\CCc2ccccc2C\1=C\C. The molecule has 0 saturated heterocycles. The normalized spacial score (nSPS) is 22.0. The van der Waals surface area contributed by atoms with Gasteiger partial charge in [-0.2, -0.15) is 0 Å². The Kier molecular flexibility index (Phi) is 3.99. The van der Waals surface area contributed by atoms with Gasteiger partial charge in [0.05, 0.1) is 0 Å². The van der Waals surface area contributed by atoms with Gasteiger partial charge in [-0.25, -0.2) is 0 Å². The summed E-state index contributed by atoms with van der Waals surface area (Å²) >= 11 is 0. The monoisotopic (exact) mass is 236 g/mol. The molecule has 92 valence electrons. The Bertz CT molecular complexity index is 539. The maximum absolute atomic E-state index is 3.85. The summed E-state index contributed by atoms with van der Waals surface area (Å²) < 4.78 is 0. The van der Waals surface area contributed by atoms with E-state index in [1.165, 1.54) is 27.8 Å². The molecule has 0 spiro atoms. The van der Waals surface area contributed by atoms with E-state index < -0.39 is 0 Å². The Morgan fingerprint density at radius 2 is 1.78 bits per heavy atom. The molecule has 0 heterocycles. The fourth-order valence-corrected chi connectivity index (χ4v) is 2.65. The van der Waals surface area contributed by atoms with Crippen LogP contribution in [0.4, 0.5) is 0 Å². The Hall–Kier alpha value is -1.82. The van der Waals surface area contributed by atoms with Crippen molar-refractivity contribution in [3.8, 4) is 0 Å². The molecule has 18 heavy (non-hydrogen) atoms. The number of rotatable bonds is 1. The van der Waals surface area contributed by atoms with Crippen molar-refractivity contribution in [1.29, 1.82) is 0 Å². The molecule has 0 atom stereocenters. The molecule has 0 fully saturated rings. The van der Waals surface area contributed by atoms with E-state index in [-0.39, 0.29) is 0 Å². The Labute approximate surface area is 110 Å². The maximum atomic E-state index is 3.85. The summed E-state index contributed by atoms with van der Waals surface area (Å²) in [7, 11) is 0. The summed E-state index contributed by atoms with van der Waals surface area (Å²) in [6.45, 7) is 8.08. The largest absolute Gasteiger partial charge is 0.0990 e. The van der Waals surface area contributed by atoms with Crippen LogP contribution in [0.15, 0.2) is 66.3 Å². The predicted octanol–water partition coefficient (Wildman–Crippen LogP) is 5.09. The first-order chi connectivity index (χ1) is 8.81. The number of benzene rings is 1. The van der Waals surface area contributed by atoms with E-state index in [0.29, 0.717) is 0 Å². The first kappa shape index (κ1) is 12.6. The van der Waals surface area contributed by atoms with Crippen LogP contribution in [0.2, 0.25) is 0 Å². The van der Waals surface area contributed by atoms with Crippen molar-refractivity contribution >= 4 is 5.57 Å². The third-order valence-corrected chi connectivity index (χ3v) is 3.53. The molecular formula is C18H20. The summed E-state index contributed by atoms with van der Waals surface area (Å²) in [4.78, 5) is 0. The summed E-state index contributed by atoms with van der Waals surface area (Å²) in [6.07, 6.45) is 10.7. The van der Waals surface area contributed by atoms with Crippen molar-refractivity contribution in [2.45, 2.75) is 26.7 Å². The highest BCUT2D eigenvalue weighted by Crippen LogP contribution is 2.36. The van der Waals surface area contributed by atoms with Gasteiger partial charge in [-0.15, -0.1) is 0 Å². The van der Waals surface area contributed by atoms with Crippen LogP contribution in [0, 0.1) is 0 Å². The van der Waals surface area contributed by atoms with E-state index >= 15 is 0 Å². The lowest BCUT2D eigenvalue weighted by molar-refractivity contribution is 0.965. The van der Waals surface area contributed by atoms with Gasteiger partial charge in [0.15, 0.2) is 0 Å². The zero-order valence-corrected chi connectivity index (χ0v) is 11.2. The van der Waals surface area contributed by atoms with Crippen LogP contribution in [0.5, 0.6) is 0 Å². The van der Waals surface area contributed by atoms with Gasteiger partial charge in [0.2, 0.25) is 0 Å². The minimum atomic E-state index is 1.10. The van der Waals surface area contributed by atoms with E-state index in [9.17, 15) is 0 Å². The first-order valence-corrected chi connectivity index (χ1v) is 6.55. The van der Waals surface area contributed by atoms with E-state index in [4.69, 9.17) is 0 Å². The van der Waals surface area contributed by atoms with Crippen LogP contribution < -0.4 is 0 Å². The van der Waals surface area contributed by atoms with Crippen LogP contribution in [-0.4, -0.2) is 0 Å². The number of hydrogen-bond acceptors (Lipinski definition) is 0. The minimum absolute atomic E-state index is 1.10. The molecule has 1 aliphatic carbocycles. The number of aryl methyl sites for hydroxylation is 1. The van der Waals surface area contributed by atoms with Crippen molar-refractivity contribution < 1.29 is 0 Å². The molecule has 0 nitrogen and oxygen atoms in total. The Balaban J connectivity index is 2.66. The Morgan fingerprint density at radius 3 is 2.44 bits per heavy atom. The molecule has 0 radical (unpaired) electrons. The molecule has 2 rings (SSSR count). The summed E-state index contributed by atoms with van der Waals surface area (Å²) in [5.41, 5.74) is 6.87. The van der Waals surface area contributed by atoms with Gasteiger partial charge in [-0.05, 0) is 54.5 Å². The summed E-state index contributed by atoms with van der Waals surface area (Å²) in [5.74, 6) is 0. The smallest absolute Gasteiger partial charge is 0.0149 e. The van der Waals surface area contributed by atoms with Crippen molar-refractivity contribution in [2.24, 2.45) is 0 Å². The topological polar surface area (TPSA) is 0 Å². The fourth-order valence-electron chi connectivity index (χ4n) is 2.65. The molecule has 0 heteroatoms. The van der Waals surface area contributed by atoms with Crippen molar-refractivity contribution in [1.82, 2.24) is 0 Å². The van der Waals surface area contributed by atoms with Crippen LogP contribution in [0.3, 0.4) is 0 Å².